The first-order chi connectivity index (χ1) is 12.7. The number of hydrogen-bond acceptors (Lipinski definition) is 2. The molecule has 0 aliphatic heterocycles. The van der Waals surface area contributed by atoms with Crippen LogP contribution < -0.4 is 5.73 Å². The van der Waals surface area contributed by atoms with Gasteiger partial charge < -0.3 is 10.6 Å². The molecule has 0 spiro atoms. The second-order valence-corrected chi connectivity index (χ2v) is 6.20. The molecule has 0 heterocycles. The van der Waals surface area contributed by atoms with Crippen LogP contribution in [0, 0.1) is 0 Å². The summed E-state index contributed by atoms with van der Waals surface area (Å²) >= 11 is 0. The molecule has 0 aliphatic rings. The summed E-state index contributed by atoms with van der Waals surface area (Å²) in [7, 11) is 1.81. The highest BCUT2D eigenvalue weighted by Crippen LogP contribution is 2.01. The monoisotopic (exact) mass is 358 g/mol. The first-order valence-corrected chi connectivity index (χ1v) is 9.91. The zero-order chi connectivity index (χ0) is 19.3. The van der Waals surface area contributed by atoms with Crippen LogP contribution in [-0.2, 0) is 4.79 Å². The molecule has 0 aromatic carbocycles. The van der Waals surface area contributed by atoms with Crippen LogP contribution in [0.2, 0.25) is 0 Å². The van der Waals surface area contributed by atoms with Crippen molar-refractivity contribution in [2.24, 2.45) is 5.73 Å². The van der Waals surface area contributed by atoms with E-state index in [4.69, 9.17) is 5.73 Å². The largest absolute Gasteiger partial charge is 0.344 e. The normalized spacial score (nSPS) is 12.6. The third kappa shape index (κ3) is 17.0. The lowest BCUT2D eigenvalue weighted by Gasteiger charge is -2.15. The van der Waals surface area contributed by atoms with Gasteiger partial charge in [0.25, 0.3) is 0 Å². The van der Waals surface area contributed by atoms with Gasteiger partial charge in [0.05, 0.1) is 0 Å². The van der Waals surface area contributed by atoms with Crippen LogP contribution in [0.15, 0.2) is 60.8 Å². The molecule has 0 saturated carbocycles. The summed E-state index contributed by atoms with van der Waals surface area (Å²) in [5.41, 5.74) is 5.44. The van der Waals surface area contributed by atoms with Crippen molar-refractivity contribution in [3.8, 4) is 0 Å². The summed E-state index contributed by atoms with van der Waals surface area (Å²) in [5.74, 6) is 0.183. The second kappa shape index (κ2) is 19.5. The van der Waals surface area contributed by atoms with Gasteiger partial charge in [-0.05, 0) is 44.9 Å². The Morgan fingerprint density at radius 1 is 0.808 bits per heavy atom. The molecule has 0 rings (SSSR count). The van der Waals surface area contributed by atoms with E-state index in [1.165, 1.54) is 0 Å². The Hall–Kier alpha value is -1.87. The minimum Gasteiger partial charge on any atom is -0.344 e. The second-order valence-electron chi connectivity index (χ2n) is 6.20. The van der Waals surface area contributed by atoms with Crippen molar-refractivity contribution in [2.45, 2.75) is 58.3 Å². The molecule has 0 atom stereocenters. The van der Waals surface area contributed by atoms with Crippen LogP contribution in [0.3, 0.4) is 0 Å². The van der Waals surface area contributed by atoms with E-state index in [2.05, 4.69) is 67.7 Å². The first kappa shape index (κ1) is 24.1. The van der Waals surface area contributed by atoms with E-state index in [0.717, 1.165) is 44.9 Å². The molecular formula is C23H38N2O. The predicted molar refractivity (Wildman–Crippen MR) is 115 cm³/mol. The number of unbranched alkanes of at least 4 members (excludes halogenated alkanes) is 1. The molecular weight excluding hydrogens is 320 g/mol. The lowest BCUT2D eigenvalue weighted by molar-refractivity contribution is -0.129. The fraction of sp³-hybridized carbons (Fsp3) is 0.522. The van der Waals surface area contributed by atoms with E-state index in [1.54, 1.807) is 4.90 Å². The molecule has 0 radical (unpaired) electrons. The van der Waals surface area contributed by atoms with Gasteiger partial charge in [-0.2, -0.15) is 0 Å². The van der Waals surface area contributed by atoms with Gasteiger partial charge in [0.15, 0.2) is 0 Å². The van der Waals surface area contributed by atoms with Crippen molar-refractivity contribution in [1.29, 1.82) is 0 Å². The maximum Gasteiger partial charge on any atom is 0.222 e. The maximum absolute atomic E-state index is 11.7. The van der Waals surface area contributed by atoms with Crippen molar-refractivity contribution in [2.75, 3.05) is 20.1 Å². The van der Waals surface area contributed by atoms with E-state index in [-0.39, 0.29) is 5.91 Å². The Kier molecular flexibility index (Phi) is 18.1. The topological polar surface area (TPSA) is 46.3 Å². The minimum atomic E-state index is 0.183. The van der Waals surface area contributed by atoms with Gasteiger partial charge in [-0.25, -0.2) is 0 Å². The summed E-state index contributed by atoms with van der Waals surface area (Å²) in [4.78, 5) is 13.4. The molecule has 26 heavy (non-hydrogen) atoms. The van der Waals surface area contributed by atoms with E-state index < -0.39 is 0 Å². The average Bonchev–Trinajstić information content (AvgIpc) is 2.64. The molecule has 0 saturated heterocycles. The third-order valence-electron chi connectivity index (χ3n) is 3.81. The quantitative estimate of drug-likeness (QED) is 0.318. The Labute approximate surface area is 161 Å². The maximum atomic E-state index is 11.7. The molecule has 0 aromatic heterocycles. The number of nitrogens with zero attached hydrogens (tertiary/aromatic N) is 1. The zero-order valence-electron chi connectivity index (χ0n) is 16.8. The molecule has 1 amide bonds. The van der Waals surface area contributed by atoms with Gasteiger partial charge >= 0.3 is 0 Å². The third-order valence-corrected chi connectivity index (χ3v) is 3.81. The number of rotatable bonds is 15. The summed E-state index contributed by atoms with van der Waals surface area (Å²) < 4.78 is 0. The number of allylic oxidation sites excluding steroid dienone is 10. The van der Waals surface area contributed by atoms with Crippen LogP contribution in [0.25, 0.3) is 0 Å². The van der Waals surface area contributed by atoms with Crippen LogP contribution in [0.5, 0.6) is 0 Å². The van der Waals surface area contributed by atoms with E-state index in [1.807, 2.05) is 7.05 Å². The lowest BCUT2D eigenvalue weighted by atomic mass is 10.2. The molecule has 0 aliphatic carbocycles. The molecule has 3 nitrogen and oxygen atoms in total. The number of nitrogens with two attached hydrogens (primary N) is 1. The highest BCUT2D eigenvalue weighted by Gasteiger charge is 2.05. The van der Waals surface area contributed by atoms with Gasteiger partial charge in [0.2, 0.25) is 5.91 Å². The Balaban J connectivity index is 3.57. The fourth-order valence-corrected chi connectivity index (χ4v) is 2.25. The number of carbonyl (C=O) groups is 1. The summed E-state index contributed by atoms with van der Waals surface area (Å²) in [6.07, 6.45) is 29.5. The van der Waals surface area contributed by atoms with Crippen molar-refractivity contribution in [3.63, 3.8) is 0 Å². The molecule has 0 unspecified atom stereocenters. The van der Waals surface area contributed by atoms with E-state index in [0.29, 0.717) is 19.5 Å². The lowest BCUT2D eigenvalue weighted by Crippen LogP contribution is -2.31. The first-order valence-electron chi connectivity index (χ1n) is 9.91. The van der Waals surface area contributed by atoms with Crippen LogP contribution in [0.4, 0.5) is 0 Å². The molecule has 2 N–H and O–H groups in total. The van der Waals surface area contributed by atoms with Gasteiger partial charge in [0, 0.05) is 26.6 Å². The zero-order valence-corrected chi connectivity index (χ0v) is 16.8. The van der Waals surface area contributed by atoms with Crippen LogP contribution in [0.1, 0.15) is 58.3 Å². The van der Waals surface area contributed by atoms with Crippen LogP contribution >= 0.6 is 0 Å². The predicted octanol–water partition coefficient (Wildman–Crippen LogP) is 5.33. The smallest absolute Gasteiger partial charge is 0.222 e. The molecule has 3 heteroatoms. The molecule has 0 fully saturated rings. The van der Waals surface area contributed by atoms with Crippen molar-refractivity contribution < 1.29 is 4.79 Å². The summed E-state index contributed by atoms with van der Waals surface area (Å²) in [6.45, 7) is 3.32. The summed E-state index contributed by atoms with van der Waals surface area (Å²) in [5, 5.41) is 0. The van der Waals surface area contributed by atoms with Crippen molar-refractivity contribution >= 4 is 5.91 Å². The Bertz CT molecular complexity index is 473. The Morgan fingerprint density at radius 3 is 1.73 bits per heavy atom. The average molecular weight is 359 g/mol. The number of carbonyl (C=O) groups excluding carboxylic acids is 1. The number of hydrogen-bond donors (Lipinski definition) is 1. The SMILES string of the molecule is CCC=CCC=CCC=CCC=CCC=CCCCC(=O)N(C)CCN. The van der Waals surface area contributed by atoms with Crippen molar-refractivity contribution in [1.82, 2.24) is 4.90 Å². The molecule has 146 valence electrons. The standard InChI is InChI=1S/C23H38N2O/c1-3-4-5-6-7-8-9-10-11-12-13-14-15-16-17-18-19-20-23(26)25(2)22-21-24/h4-5,7-8,10-11,13-14,16-17H,3,6,9,12,15,18-22,24H2,1-2H3. The van der Waals surface area contributed by atoms with E-state index >= 15 is 0 Å². The highest BCUT2D eigenvalue weighted by molar-refractivity contribution is 5.75. The van der Waals surface area contributed by atoms with Crippen LogP contribution in [-0.4, -0.2) is 30.9 Å². The molecule has 0 aromatic rings. The Morgan fingerprint density at radius 2 is 1.27 bits per heavy atom. The summed E-state index contributed by atoms with van der Waals surface area (Å²) in [6, 6.07) is 0. The van der Waals surface area contributed by atoms with Gasteiger partial charge in [-0.3, -0.25) is 4.79 Å². The van der Waals surface area contributed by atoms with Crippen molar-refractivity contribution in [3.05, 3.63) is 60.8 Å². The van der Waals surface area contributed by atoms with E-state index in [9.17, 15) is 4.79 Å². The fourth-order valence-electron chi connectivity index (χ4n) is 2.25. The highest BCUT2D eigenvalue weighted by atomic mass is 16.2. The molecule has 0 bridgehead atoms. The minimum absolute atomic E-state index is 0.183. The number of likely N-dealkylation sites (N-methyl/N-ethyl adjacent to an activating group) is 1. The van der Waals surface area contributed by atoms with Gasteiger partial charge in [0.1, 0.15) is 0 Å². The van der Waals surface area contributed by atoms with Gasteiger partial charge in [-0.1, -0.05) is 67.7 Å². The van der Waals surface area contributed by atoms with Gasteiger partial charge in [-0.15, -0.1) is 0 Å². The number of amides is 1.